The van der Waals surface area contributed by atoms with Crippen molar-refractivity contribution in [1.82, 2.24) is 0 Å². The molecule has 0 bridgehead atoms. The van der Waals surface area contributed by atoms with Gasteiger partial charge in [-0.15, -0.1) is 0 Å². The predicted molar refractivity (Wildman–Crippen MR) is 77.5 cm³/mol. The van der Waals surface area contributed by atoms with Crippen LogP contribution < -0.4 is 19.5 Å². The van der Waals surface area contributed by atoms with Crippen molar-refractivity contribution >= 4 is 5.69 Å². The fourth-order valence-electron chi connectivity index (χ4n) is 2.17. The number of hydrogen-bond acceptors (Lipinski definition) is 4. The molecule has 4 nitrogen and oxygen atoms in total. The maximum atomic E-state index is 13.2. The monoisotopic (exact) mass is 289 g/mol. The summed E-state index contributed by atoms with van der Waals surface area (Å²) in [4.78, 5) is 0. The third-order valence-corrected chi connectivity index (χ3v) is 3.16. The highest BCUT2D eigenvalue weighted by Gasteiger charge is 2.13. The lowest BCUT2D eigenvalue weighted by Crippen LogP contribution is -2.03. The van der Waals surface area contributed by atoms with Crippen LogP contribution in [0.4, 0.5) is 10.1 Å². The number of rotatable bonds is 5. The Bertz CT molecular complexity index is 645. The van der Waals surface area contributed by atoms with Crippen molar-refractivity contribution in [3.05, 3.63) is 47.8 Å². The molecule has 5 heteroatoms. The average molecular weight is 289 g/mol. The molecule has 0 spiro atoms. The van der Waals surface area contributed by atoms with E-state index in [9.17, 15) is 4.39 Å². The van der Waals surface area contributed by atoms with Crippen LogP contribution in [0.5, 0.6) is 17.2 Å². The number of anilines is 1. The summed E-state index contributed by atoms with van der Waals surface area (Å²) in [6.07, 6.45) is 0. The van der Waals surface area contributed by atoms with E-state index in [-0.39, 0.29) is 12.6 Å². The Morgan fingerprint density at radius 3 is 2.86 bits per heavy atom. The number of hydrogen-bond donors (Lipinski definition) is 1. The van der Waals surface area contributed by atoms with E-state index < -0.39 is 0 Å². The molecule has 1 aliphatic rings. The summed E-state index contributed by atoms with van der Waals surface area (Å²) in [5.74, 6) is 1.71. The van der Waals surface area contributed by atoms with Crippen molar-refractivity contribution in [3.63, 3.8) is 0 Å². The fourth-order valence-corrected chi connectivity index (χ4v) is 2.17. The Morgan fingerprint density at radius 1 is 1.14 bits per heavy atom. The van der Waals surface area contributed by atoms with Crippen LogP contribution in [-0.2, 0) is 6.54 Å². The van der Waals surface area contributed by atoms with Gasteiger partial charge < -0.3 is 19.5 Å². The van der Waals surface area contributed by atoms with Crippen LogP contribution in [0.3, 0.4) is 0 Å². The van der Waals surface area contributed by atoms with Gasteiger partial charge in [-0.3, -0.25) is 0 Å². The van der Waals surface area contributed by atoms with Gasteiger partial charge in [0.15, 0.2) is 11.5 Å². The molecule has 3 rings (SSSR count). The Kier molecular flexibility index (Phi) is 3.81. The molecule has 0 amide bonds. The molecule has 0 radical (unpaired) electrons. The minimum Gasteiger partial charge on any atom is -0.492 e. The highest BCUT2D eigenvalue weighted by Crippen LogP contribution is 2.33. The standard InChI is InChI=1S/C16H16FNO3/c1-2-19-15-8-12(17)4-5-13(15)18-9-11-3-6-14-16(7-11)21-10-20-14/h3-8,18H,2,9-10H2,1H3. The van der Waals surface area contributed by atoms with Gasteiger partial charge in [0.2, 0.25) is 6.79 Å². The third-order valence-electron chi connectivity index (χ3n) is 3.16. The van der Waals surface area contributed by atoms with Crippen molar-refractivity contribution < 1.29 is 18.6 Å². The molecule has 0 atom stereocenters. The quantitative estimate of drug-likeness (QED) is 0.913. The first-order valence-corrected chi connectivity index (χ1v) is 6.81. The fraction of sp³-hybridized carbons (Fsp3) is 0.250. The molecule has 2 aromatic carbocycles. The zero-order valence-corrected chi connectivity index (χ0v) is 11.7. The lowest BCUT2D eigenvalue weighted by atomic mass is 10.2. The molecule has 110 valence electrons. The van der Waals surface area contributed by atoms with E-state index in [0.717, 1.165) is 22.7 Å². The van der Waals surface area contributed by atoms with Gasteiger partial charge in [0.05, 0.1) is 12.3 Å². The highest BCUT2D eigenvalue weighted by atomic mass is 19.1. The second-order valence-corrected chi connectivity index (χ2v) is 4.61. The minimum atomic E-state index is -0.313. The lowest BCUT2D eigenvalue weighted by Gasteiger charge is -2.12. The molecular weight excluding hydrogens is 273 g/mol. The molecule has 0 saturated heterocycles. The SMILES string of the molecule is CCOc1cc(F)ccc1NCc1ccc2c(c1)OCO2. The van der Waals surface area contributed by atoms with Crippen molar-refractivity contribution in [1.29, 1.82) is 0 Å². The lowest BCUT2D eigenvalue weighted by molar-refractivity contribution is 0.174. The summed E-state index contributed by atoms with van der Waals surface area (Å²) in [6.45, 7) is 3.20. The zero-order chi connectivity index (χ0) is 14.7. The van der Waals surface area contributed by atoms with Gasteiger partial charge in [-0.1, -0.05) is 6.07 Å². The normalized spacial score (nSPS) is 12.3. The number of nitrogens with one attached hydrogen (secondary N) is 1. The van der Waals surface area contributed by atoms with E-state index in [1.54, 1.807) is 6.07 Å². The van der Waals surface area contributed by atoms with Crippen LogP contribution in [0.15, 0.2) is 36.4 Å². The molecule has 2 aromatic rings. The number of fused-ring (bicyclic) bond motifs is 1. The van der Waals surface area contributed by atoms with E-state index in [1.165, 1.54) is 12.1 Å². The average Bonchev–Trinajstić information content (AvgIpc) is 2.94. The van der Waals surface area contributed by atoms with E-state index in [4.69, 9.17) is 14.2 Å². The molecule has 0 fully saturated rings. The number of ether oxygens (including phenoxy) is 3. The second kappa shape index (κ2) is 5.91. The van der Waals surface area contributed by atoms with Gasteiger partial charge in [0.1, 0.15) is 11.6 Å². The van der Waals surface area contributed by atoms with Crippen LogP contribution in [0.25, 0.3) is 0 Å². The van der Waals surface area contributed by atoms with E-state index in [0.29, 0.717) is 18.9 Å². The molecular formula is C16H16FNO3. The van der Waals surface area contributed by atoms with Crippen molar-refractivity contribution in [2.24, 2.45) is 0 Å². The first-order chi connectivity index (χ1) is 10.3. The van der Waals surface area contributed by atoms with Crippen LogP contribution in [0.1, 0.15) is 12.5 Å². The van der Waals surface area contributed by atoms with Crippen molar-refractivity contribution in [2.45, 2.75) is 13.5 Å². The predicted octanol–water partition coefficient (Wildman–Crippen LogP) is 3.57. The first-order valence-electron chi connectivity index (χ1n) is 6.81. The number of halogens is 1. The van der Waals surface area contributed by atoms with E-state index >= 15 is 0 Å². The zero-order valence-electron chi connectivity index (χ0n) is 11.7. The summed E-state index contributed by atoms with van der Waals surface area (Å²) in [6, 6.07) is 10.2. The Morgan fingerprint density at radius 2 is 2.00 bits per heavy atom. The van der Waals surface area contributed by atoms with Gasteiger partial charge in [-0.05, 0) is 36.8 Å². The van der Waals surface area contributed by atoms with Crippen molar-refractivity contribution in [3.8, 4) is 17.2 Å². The molecule has 21 heavy (non-hydrogen) atoms. The smallest absolute Gasteiger partial charge is 0.231 e. The summed E-state index contributed by atoms with van der Waals surface area (Å²) in [5.41, 5.74) is 1.81. The van der Waals surface area contributed by atoms with Gasteiger partial charge >= 0.3 is 0 Å². The molecule has 1 heterocycles. The van der Waals surface area contributed by atoms with Crippen LogP contribution >= 0.6 is 0 Å². The third kappa shape index (κ3) is 3.02. The molecule has 0 aromatic heterocycles. The minimum absolute atomic E-state index is 0.263. The molecule has 1 N–H and O–H groups in total. The van der Waals surface area contributed by atoms with Gasteiger partial charge in [-0.25, -0.2) is 4.39 Å². The van der Waals surface area contributed by atoms with Crippen LogP contribution in [0.2, 0.25) is 0 Å². The van der Waals surface area contributed by atoms with Gasteiger partial charge in [0, 0.05) is 12.6 Å². The van der Waals surface area contributed by atoms with Gasteiger partial charge in [0.25, 0.3) is 0 Å². The Balaban J connectivity index is 1.72. The summed E-state index contributed by atoms with van der Waals surface area (Å²) in [7, 11) is 0. The number of benzene rings is 2. The molecule has 0 aliphatic carbocycles. The van der Waals surface area contributed by atoms with E-state index in [1.807, 2.05) is 25.1 Å². The summed E-state index contributed by atoms with van der Waals surface area (Å²) >= 11 is 0. The maximum absolute atomic E-state index is 13.2. The first kappa shape index (κ1) is 13.5. The molecule has 0 unspecified atom stereocenters. The van der Waals surface area contributed by atoms with Gasteiger partial charge in [-0.2, -0.15) is 0 Å². The van der Waals surface area contributed by atoms with Crippen molar-refractivity contribution in [2.75, 3.05) is 18.7 Å². The Hall–Kier alpha value is -2.43. The maximum Gasteiger partial charge on any atom is 0.231 e. The summed E-state index contributed by atoms with van der Waals surface area (Å²) < 4.78 is 29.3. The van der Waals surface area contributed by atoms with Crippen LogP contribution in [-0.4, -0.2) is 13.4 Å². The van der Waals surface area contributed by atoms with E-state index in [2.05, 4.69) is 5.32 Å². The van der Waals surface area contributed by atoms with Crippen LogP contribution in [0, 0.1) is 5.82 Å². The summed E-state index contributed by atoms with van der Waals surface area (Å²) in [5, 5.41) is 3.24. The topological polar surface area (TPSA) is 39.7 Å². The second-order valence-electron chi connectivity index (χ2n) is 4.61. The molecule has 0 saturated carbocycles. The Labute approximate surface area is 122 Å². The largest absolute Gasteiger partial charge is 0.492 e. The highest BCUT2D eigenvalue weighted by molar-refractivity contribution is 5.57. The molecule has 1 aliphatic heterocycles.